The predicted octanol–water partition coefficient (Wildman–Crippen LogP) is 8.30. The molecule has 0 amide bonds. The van der Waals surface area contributed by atoms with Gasteiger partial charge in [-0.1, -0.05) is 60.7 Å². The molecule has 5 aromatic carbocycles. The van der Waals surface area contributed by atoms with Crippen LogP contribution in [0.3, 0.4) is 0 Å². The molecule has 7 aromatic rings. The van der Waals surface area contributed by atoms with Crippen molar-refractivity contribution in [1.29, 1.82) is 5.26 Å². The molecule has 0 saturated carbocycles. The monoisotopic (exact) mass is 458 g/mol. The third-order valence-corrected chi connectivity index (χ3v) is 6.96. The molecular formula is C32H18N4. The lowest BCUT2D eigenvalue weighted by molar-refractivity contribution is 1.16. The van der Waals surface area contributed by atoms with Crippen LogP contribution in [0.1, 0.15) is 5.56 Å². The summed E-state index contributed by atoms with van der Waals surface area (Å²) in [6.45, 7) is 7.37. The van der Waals surface area contributed by atoms with Crippen molar-refractivity contribution in [3.05, 3.63) is 126 Å². The molecular weight excluding hydrogens is 440 g/mol. The van der Waals surface area contributed by atoms with Crippen LogP contribution in [0.2, 0.25) is 0 Å². The van der Waals surface area contributed by atoms with Gasteiger partial charge in [0.15, 0.2) is 5.69 Å². The van der Waals surface area contributed by atoms with E-state index in [1.807, 2.05) is 18.2 Å². The summed E-state index contributed by atoms with van der Waals surface area (Å²) in [6, 6.07) is 39.3. The molecule has 2 aromatic heterocycles. The fraction of sp³-hybridized carbons (Fsp3) is 0. The summed E-state index contributed by atoms with van der Waals surface area (Å²) in [5.41, 5.74) is 7.21. The SMILES string of the molecule is [C-]#[N+]c1ccc(-n2c3ccccc3c3c4c5ccccc5n(-c5ccccc5)c4ccc32)c(C#N)c1. The third kappa shape index (κ3) is 2.67. The molecule has 36 heavy (non-hydrogen) atoms. The molecule has 0 aliphatic heterocycles. The number of fused-ring (bicyclic) bond motifs is 7. The van der Waals surface area contributed by atoms with Gasteiger partial charge in [0.2, 0.25) is 0 Å². The molecule has 0 unspecified atom stereocenters. The van der Waals surface area contributed by atoms with E-state index in [0.29, 0.717) is 11.3 Å². The van der Waals surface area contributed by atoms with Crippen molar-refractivity contribution in [2.24, 2.45) is 0 Å². The average molecular weight is 459 g/mol. The Morgan fingerprint density at radius 3 is 1.83 bits per heavy atom. The first-order valence-corrected chi connectivity index (χ1v) is 11.7. The molecule has 4 heteroatoms. The minimum Gasteiger partial charge on any atom is -0.309 e. The first-order chi connectivity index (χ1) is 17.8. The van der Waals surface area contributed by atoms with Gasteiger partial charge in [0.05, 0.1) is 46.0 Å². The van der Waals surface area contributed by atoms with Gasteiger partial charge in [-0.3, -0.25) is 0 Å². The van der Waals surface area contributed by atoms with Gasteiger partial charge in [0, 0.05) is 27.2 Å². The maximum atomic E-state index is 9.95. The van der Waals surface area contributed by atoms with Crippen molar-refractivity contribution in [1.82, 2.24) is 9.13 Å². The number of aromatic nitrogens is 2. The van der Waals surface area contributed by atoms with Gasteiger partial charge in [0.1, 0.15) is 0 Å². The fourth-order valence-corrected chi connectivity index (χ4v) is 5.51. The van der Waals surface area contributed by atoms with Crippen molar-refractivity contribution in [2.75, 3.05) is 0 Å². The molecule has 0 aliphatic rings. The molecule has 166 valence electrons. The average Bonchev–Trinajstić information content (AvgIpc) is 3.46. The minimum atomic E-state index is 0.462. The zero-order chi connectivity index (χ0) is 24.2. The van der Waals surface area contributed by atoms with Gasteiger partial charge in [-0.2, -0.15) is 5.26 Å². The second-order valence-electron chi connectivity index (χ2n) is 8.82. The Labute approximate surface area is 207 Å². The van der Waals surface area contributed by atoms with E-state index in [9.17, 15) is 5.26 Å². The minimum absolute atomic E-state index is 0.462. The van der Waals surface area contributed by atoms with E-state index < -0.39 is 0 Å². The van der Waals surface area contributed by atoms with Crippen LogP contribution < -0.4 is 0 Å². The van der Waals surface area contributed by atoms with E-state index in [-0.39, 0.29) is 0 Å². The largest absolute Gasteiger partial charge is 0.309 e. The number of nitriles is 1. The van der Waals surface area contributed by atoms with Crippen molar-refractivity contribution in [3.8, 4) is 17.4 Å². The Balaban J connectivity index is 1.70. The molecule has 2 heterocycles. The van der Waals surface area contributed by atoms with Crippen LogP contribution in [0.5, 0.6) is 0 Å². The highest BCUT2D eigenvalue weighted by Gasteiger charge is 2.21. The highest BCUT2D eigenvalue weighted by Crippen LogP contribution is 2.42. The zero-order valence-electron chi connectivity index (χ0n) is 19.2. The molecule has 7 rings (SSSR count). The number of rotatable bonds is 2. The number of hydrogen-bond donors (Lipinski definition) is 0. The van der Waals surface area contributed by atoms with E-state index in [2.05, 4.69) is 98.9 Å². The standard InChI is InChI=1S/C32H18N4/c1-34-22-15-16-26(21(19-22)20-33)36-28-14-8-6-12-25(28)32-30(36)18-17-29-31(32)24-11-5-7-13-27(24)35(29)23-9-3-2-4-10-23/h2-19H. The predicted molar refractivity (Wildman–Crippen MR) is 146 cm³/mol. The van der Waals surface area contributed by atoms with Gasteiger partial charge >= 0.3 is 0 Å². The molecule has 0 N–H and O–H groups in total. The summed E-state index contributed by atoms with van der Waals surface area (Å²) in [5, 5.41) is 14.6. The van der Waals surface area contributed by atoms with Gasteiger partial charge in [-0.25, -0.2) is 4.85 Å². The van der Waals surface area contributed by atoms with Gasteiger partial charge in [-0.15, -0.1) is 0 Å². The summed E-state index contributed by atoms with van der Waals surface area (Å²) in [6.07, 6.45) is 0. The van der Waals surface area contributed by atoms with E-state index in [0.717, 1.165) is 44.2 Å². The van der Waals surface area contributed by atoms with Crippen LogP contribution in [-0.4, -0.2) is 9.13 Å². The number of benzene rings is 5. The number of nitrogens with zero attached hydrogens (tertiary/aromatic N) is 4. The lowest BCUT2D eigenvalue weighted by Gasteiger charge is -2.11. The Kier molecular flexibility index (Phi) is 4.24. The van der Waals surface area contributed by atoms with E-state index in [1.165, 1.54) is 10.8 Å². The second kappa shape index (κ2) is 7.60. The summed E-state index contributed by atoms with van der Waals surface area (Å²) in [5.74, 6) is 0. The highest BCUT2D eigenvalue weighted by atomic mass is 15.0. The molecule has 0 bridgehead atoms. The van der Waals surface area contributed by atoms with E-state index >= 15 is 0 Å². The molecule has 4 nitrogen and oxygen atoms in total. The van der Waals surface area contributed by atoms with Crippen LogP contribution in [0.15, 0.2) is 109 Å². The molecule has 0 aliphatic carbocycles. The number of hydrogen-bond acceptors (Lipinski definition) is 1. The van der Waals surface area contributed by atoms with Crippen LogP contribution >= 0.6 is 0 Å². The van der Waals surface area contributed by atoms with E-state index in [4.69, 9.17) is 6.57 Å². The normalized spacial score (nSPS) is 11.3. The van der Waals surface area contributed by atoms with Crippen LogP contribution in [0, 0.1) is 17.9 Å². The Bertz CT molecular complexity index is 2060. The summed E-state index contributed by atoms with van der Waals surface area (Å²) >= 11 is 0. The summed E-state index contributed by atoms with van der Waals surface area (Å²) < 4.78 is 4.48. The zero-order valence-corrected chi connectivity index (χ0v) is 19.2. The fourth-order valence-electron chi connectivity index (χ4n) is 5.51. The third-order valence-electron chi connectivity index (χ3n) is 6.96. The maximum absolute atomic E-state index is 9.95. The Morgan fingerprint density at radius 2 is 1.19 bits per heavy atom. The Hall–Kier alpha value is -5.32. The molecule has 0 spiro atoms. The highest BCUT2D eigenvalue weighted by molar-refractivity contribution is 6.28. The molecule has 0 radical (unpaired) electrons. The van der Waals surface area contributed by atoms with Crippen LogP contribution in [0.4, 0.5) is 5.69 Å². The molecule has 0 atom stereocenters. The second-order valence-corrected chi connectivity index (χ2v) is 8.82. The quantitative estimate of drug-likeness (QED) is 0.240. The maximum Gasteiger partial charge on any atom is 0.188 e. The van der Waals surface area contributed by atoms with E-state index in [1.54, 1.807) is 12.1 Å². The van der Waals surface area contributed by atoms with Gasteiger partial charge in [0.25, 0.3) is 0 Å². The Morgan fingerprint density at radius 1 is 0.611 bits per heavy atom. The van der Waals surface area contributed by atoms with Crippen molar-refractivity contribution < 1.29 is 0 Å². The first-order valence-electron chi connectivity index (χ1n) is 11.7. The van der Waals surface area contributed by atoms with Crippen LogP contribution in [0.25, 0.3) is 59.8 Å². The van der Waals surface area contributed by atoms with Crippen molar-refractivity contribution in [3.63, 3.8) is 0 Å². The summed E-state index contributed by atoms with van der Waals surface area (Å²) in [4.78, 5) is 3.52. The lowest BCUT2D eigenvalue weighted by atomic mass is 10.1. The number of para-hydroxylation sites is 3. The van der Waals surface area contributed by atoms with Crippen molar-refractivity contribution >= 4 is 49.3 Å². The smallest absolute Gasteiger partial charge is 0.188 e. The topological polar surface area (TPSA) is 38.0 Å². The van der Waals surface area contributed by atoms with Gasteiger partial charge < -0.3 is 9.13 Å². The van der Waals surface area contributed by atoms with Gasteiger partial charge in [-0.05, 0) is 48.5 Å². The summed E-state index contributed by atoms with van der Waals surface area (Å²) in [7, 11) is 0. The van der Waals surface area contributed by atoms with Crippen LogP contribution in [-0.2, 0) is 0 Å². The van der Waals surface area contributed by atoms with Crippen molar-refractivity contribution in [2.45, 2.75) is 0 Å². The first kappa shape index (κ1) is 20.1. The molecule has 0 fully saturated rings. The molecule has 0 saturated heterocycles. The lowest BCUT2D eigenvalue weighted by Crippen LogP contribution is -1.97.